The number of rotatable bonds is 5. The summed E-state index contributed by atoms with van der Waals surface area (Å²) >= 11 is 1.44. The fourth-order valence-electron chi connectivity index (χ4n) is 2.18. The summed E-state index contributed by atoms with van der Waals surface area (Å²) < 4.78 is 33.4. The highest BCUT2D eigenvalue weighted by molar-refractivity contribution is 7.99. The van der Waals surface area contributed by atoms with Gasteiger partial charge in [-0.25, -0.2) is 0 Å². The van der Waals surface area contributed by atoms with Crippen LogP contribution in [0.2, 0.25) is 0 Å². The topological polar surface area (TPSA) is 101 Å². The van der Waals surface area contributed by atoms with Crippen molar-refractivity contribution in [1.82, 2.24) is 0 Å². The Balaban J connectivity index is 2.13. The zero-order chi connectivity index (χ0) is 16.2. The first kappa shape index (κ1) is 17.1. The second kappa shape index (κ2) is 7.34. The molecule has 2 rings (SSSR count). The number of hydrogen-bond acceptors (Lipinski definition) is 6. The minimum atomic E-state index is -3.59. The van der Waals surface area contributed by atoms with Crippen LogP contribution in [0.4, 0.5) is 0 Å². The highest BCUT2D eigenvalue weighted by atomic mass is 32.2. The van der Waals surface area contributed by atoms with E-state index in [4.69, 9.17) is 14.5 Å². The van der Waals surface area contributed by atoms with Crippen molar-refractivity contribution < 1.29 is 17.3 Å². The van der Waals surface area contributed by atoms with Gasteiger partial charge in [-0.15, -0.1) is 0 Å². The van der Waals surface area contributed by atoms with Crippen LogP contribution in [0.5, 0.6) is 0 Å². The standard InChI is InChI=1S/C13H17N3O4S2/c1-9-12(20-22(2,17)18)8-11(15-16-14)13(19-9)21-10-6-4-3-5-7-10/h3-7,9,11-13H,8H2,1-2H3/t9-,11+,12-,13+/m1/s1. The molecule has 1 aliphatic rings. The smallest absolute Gasteiger partial charge is 0.264 e. The molecule has 0 unspecified atom stereocenters. The molecule has 22 heavy (non-hydrogen) atoms. The Kier molecular flexibility index (Phi) is 5.71. The van der Waals surface area contributed by atoms with Gasteiger partial charge in [0.2, 0.25) is 0 Å². The Bertz CT molecular complexity index is 647. The molecule has 0 N–H and O–H groups in total. The third-order valence-electron chi connectivity index (χ3n) is 3.15. The van der Waals surface area contributed by atoms with Crippen molar-refractivity contribution in [2.75, 3.05) is 6.26 Å². The van der Waals surface area contributed by atoms with E-state index in [-0.39, 0.29) is 5.44 Å². The van der Waals surface area contributed by atoms with Gasteiger partial charge in [-0.2, -0.15) is 8.42 Å². The maximum atomic E-state index is 11.3. The Morgan fingerprint density at radius 3 is 2.68 bits per heavy atom. The van der Waals surface area contributed by atoms with E-state index in [2.05, 4.69) is 10.0 Å². The van der Waals surface area contributed by atoms with Crippen molar-refractivity contribution >= 4 is 21.9 Å². The molecule has 0 bridgehead atoms. The molecule has 0 spiro atoms. The number of azide groups is 1. The first-order valence-corrected chi connectivity index (χ1v) is 9.38. The molecule has 1 aromatic rings. The Labute approximate surface area is 133 Å². The molecule has 9 heteroatoms. The molecule has 0 amide bonds. The van der Waals surface area contributed by atoms with Gasteiger partial charge in [-0.05, 0) is 31.0 Å². The lowest BCUT2D eigenvalue weighted by atomic mass is 10.0. The fourth-order valence-corrected chi connectivity index (χ4v) is 4.00. The minimum absolute atomic E-state index is 0.294. The lowest BCUT2D eigenvalue weighted by molar-refractivity contribution is -0.0725. The molecular formula is C13H17N3O4S2. The Morgan fingerprint density at radius 2 is 2.09 bits per heavy atom. The molecule has 4 atom stereocenters. The van der Waals surface area contributed by atoms with Crippen LogP contribution in [0, 0.1) is 0 Å². The predicted molar refractivity (Wildman–Crippen MR) is 83.9 cm³/mol. The lowest BCUT2D eigenvalue weighted by Gasteiger charge is -2.37. The zero-order valence-corrected chi connectivity index (χ0v) is 13.8. The molecule has 0 saturated carbocycles. The second-order valence-corrected chi connectivity index (χ2v) is 7.76. The number of hydrogen-bond donors (Lipinski definition) is 0. The summed E-state index contributed by atoms with van der Waals surface area (Å²) in [7, 11) is -3.59. The predicted octanol–water partition coefficient (Wildman–Crippen LogP) is 2.94. The van der Waals surface area contributed by atoms with Gasteiger partial charge in [0.1, 0.15) is 11.5 Å². The van der Waals surface area contributed by atoms with E-state index in [0.717, 1.165) is 11.2 Å². The second-order valence-electron chi connectivity index (χ2n) is 4.99. The summed E-state index contributed by atoms with van der Waals surface area (Å²) in [4.78, 5) is 3.82. The van der Waals surface area contributed by atoms with Crippen molar-refractivity contribution in [2.45, 2.75) is 41.9 Å². The van der Waals surface area contributed by atoms with E-state index >= 15 is 0 Å². The number of thioether (sulfide) groups is 1. The normalized spacial score (nSPS) is 28.8. The summed E-state index contributed by atoms with van der Waals surface area (Å²) in [6.07, 6.45) is 0.217. The highest BCUT2D eigenvalue weighted by Crippen LogP contribution is 2.35. The number of nitrogens with zero attached hydrogens (tertiary/aromatic N) is 3. The van der Waals surface area contributed by atoms with Gasteiger partial charge in [0.25, 0.3) is 10.1 Å². The van der Waals surface area contributed by atoms with Gasteiger partial charge >= 0.3 is 0 Å². The third-order valence-corrected chi connectivity index (χ3v) is 4.95. The van der Waals surface area contributed by atoms with Crippen molar-refractivity contribution in [1.29, 1.82) is 0 Å². The van der Waals surface area contributed by atoms with E-state index < -0.39 is 28.4 Å². The summed E-state index contributed by atoms with van der Waals surface area (Å²) in [5.41, 5.74) is 8.34. The van der Waals surface area contributed by atoms with Gasteiger partial charge in [0.15, 0.2) is 0 Å². The third kappa shape index (κ3) is 4.89. The van der Waals surface area contributed by atoms with E-state index in [1.807, 2.05) is 30.3 Å². The summed E-state index contributed by atoms with van der Waals surface area (Å²) in [5, 5.41) is 3.74. The van der Waals surface area contributed by atoms with Crippen LogP contribution >= 0.6 is 11.8 Å². The quantitative estimate of drug-likeness (QED) is 0.354. The van der Waals surface area contributed by atoms with Crippen LogP contribution in [0.3, 0.4) is 0 Å². The van der Waals surface area contributed by atoms with Crippen LogP contribution in [-0.4, -0.2) is 38.4 Å². The fraction of sp³-hybridized carbons (Fsp3) is 0.538. The van der Waals surface area contributed by atoms with Gasteiger partial charge in [-0.3, -0.25) is 4.18 Å². The number of ether oxygens (including phenoxy) is 1. The van der Waals surface area contributed by atoms with Gasteiger partial charge in [0.05, 0.1) is 18.4 Å². The van der Waals surface area contributed by atoms with Crippen molar-refractivity contribution in [3.63, 3.8) is 0 Å². The van der Waals surface area contributed by atoms with Gasteiger partial charge in [0, 0.05) is 9.81 Å². The molecule has 1 aromatic carbocycles. The first-order chi connectivity index (χ1) is 10.4. The summed E-state index contributed by atoms with van der Waals surface area (Å²) in [6, 6.07) is 9.10. The van der Waals surface area contributed by atoms with E-state index in [9.17, 15) is 8.42 Å². The maximum absolute atomic E-state index is 11.3. The maximum Gasteiger partial charge on any atom is 0.264 e. The summed E-state index contributed by atoms with van der Waals surface area (Å²) in [6.45, 7) is 1.75. The average molecular weight is 343 g/mol. The molecule has 7 nitrogen and oxygen atoms in total. The van der Waals surface area contributed by atoms with Crippen LogP contribution in [0.1, 0.15) is 13.3 Å². The van der Waals surface area contributed by atoms with Gasteiger partial charge < -0.3 is 4.74 Å². The minimum Gasteiger partial charge on any atom is -0.361 e. The molecule has 0 aromatic heterocycles. The highest BCUT2D eigenvalue weighted by Gasteiger charge is 2.38. The average Bonchev–Trinajstić information content (AvgIpc) is 2.43. The Hall–Kier alpha value is -1.25. The molecular weight excluding hydrogens is 326 g/mol. The molecule has 0 aliphatic carbocycles. The largest absolute Gasteiger partial charge is 0.361 e. The lowest BCUT2D eigenvalue weighted by Crippen LogP contribution is -2.45. The molecule has 1 aliphatic heterocycles. The van der Waals surface area contributed by atoms with Crippen LogP contribution in [-0.2, 0) is 19.0 Å². The van der Waals surface area contributed by atoms with E-state index in [0.29, 0.717) is 6.42 Å². The molecule has 120 valence electrons. The molecule has 1 saturated heterocycles. The van der Waals surface area contributed by atoms with E-state index in [1.165, 1.54) is 11.8 Å². The van der Waals surface area contributed by atoms with E-state index in [1.54, 1.807) is 6.92 Å². The van der Waals surface area contributed by atoms with Crippen LogP contribution in [0.15, 0.2) is 40.3 Å². The monoisotopic (exact) mass is 343 g/mol. The first-order valence-electron chi connectivity index (χ1n) is 6.68. The van der Waals surface area contributed by atoms with Crippen LogP contribution in [0.25, 0.3) is 10.4 Å². The SMILES string of the molecule is C[C@H]1O[C@@H](Sc2ccccc2)[C@@H](N=[N+]=[N-])C[C@H]1OS(C)(=O)=O. The van der Waals surface area contributed by atoms with Crippen molar-refractivity contribution in [3.8, 4) is 0 Å². The van der Waals surface area contributed by atoms with Crippen LogP contribution < -0.4 is 0 Å². The Morgan fingerprint density at radius 1 is 1.41 bits per heavy atom. The zero-order valence-electron chi connectivity index (χ0n) is 12.2. The number of benzene rings is 1. The summed E-state index contributed by atoms with van der Waals surface area (Å²) in [5.74, 6) is 0. The van der Waals surface area contributed by atoms with Crippen molar-refractivity contribution in [3.05, 3.63) is 40.8 Å². The molecule has 1 fully saturated rings. The molecule has 1 heterocycles. The van der Waals surface area contributed by atoms with Crippen molar-refractivity contribution in [2.24, 2.45) is 5.11 Å². The molecule has 0 radical (unpaired) electrons. The van der Waals surface area contributed by atoms with Gasteiger partial charge in [-0.1, -0.05) is 35.1 Å².